The third kappa shape index (κ3) is 7.54. The number of amides is 1. The summed E-state index contributed by atoms with van der Waals surface area (Å²) < 4.78 is 11.3. The van der Waals surface area contributed by atoms with E-state index in [1.54, 1.807) is 13.2 Å². The summed E-state index contributed by atoms with van der Waals surface area (Å²) in [4.78, 5) is 17.1. The Morgan fingerprint density at radius 2 is 1.68 bits per heavy atom. The van der Waals surface area contributed by atoms with Gasteiger partial charge in [-0.15, -0.1) is 11.3 Å². The first-order valence-electron chi connectivity index (χ1n) is 12.6. The predicted octanol–water partition coefficient (Wildman–Crippen LogP) is 8.10. The fourth-order valence-electron chi connectivity index (χ4n) is 3.86. The second-order valence-corrected chi connectivity index (χ2v) is 9.48. The summed E-state index contributed by atoms with van der Waals surface area (Å²) in [6.45, 7) is 2.86. The first kappa shape index (κ1) is 26.2. The van der Waals surface area contributed by atoms with Crippen LogP contribution in [0, 0.1) is 0 Å². The van der Waals surface area contributed by atoms with Crippen LogP contribution in [0.5, 0.6) is 11.5 Å². The summed E-state index contributed by atoms with van der Waals surface area (Å²) in [5, 5.41) is 5.35. The van der Waals surface area contributed by atoms with E-state index in [1.165, 1.54) is 35.8 Å². The number of benzene rings is 3. The van der Waals surface area contributed by atoms with E-state index >= 15 is 0 Å². The van der Waals surface area contributed by atoms with Crippen LogP contribution >= 0.6 is 11.3 Å². The number of aromatic nitrogens is 1. The third-order valence-electron chi connectivity index (χ3n) is 5.89. The minimum atomic E-state index is -0.240. The van der Waals surface area contributed by atoms with Gasteiger partial charge in [0.2, 0.25) is 5.91 Å². The van der Waals surface area contributed by atoms with Gasteiger partial charge in [0.05, 0.1) is 19.4 Å². The van der Waals surface area contributed by atoms with Crippen molar-refractivity contribution in [2.45, 2.75) is 32.6 Å². The third-order valence-corrected chi connectivity index (χ3v) is 6.65. The number of rotatable bonds is 12. The predicted molar refractivity (Wildman–Crippen MR) is 153 cm³/mol. The normalized spacial score (nSPS) is 11.0. The molecule has 4 rings (SSSR count). The average Bonchev–Trinajstić information content (AvgIpc) is 3.41. The number of methoxy groups -OCH3 is 1. The Kier molecular flexibility index (Phi) is 9.49. The molecule has 4 aromatic rings. The maximum atomic E-state index is 12.5. The number of thiazole rings is 1. The van der Waals surface area contributed by atoms with Crippen molar-refractivity contribution in [2.24, 2.45) is 0 Å². The molecule has 3 aromatic carbocycles. The van der Waals surface area contributed by atoms with Gasteiger partial charge < -0.3 is 9.47 Å². The van der Waals surface area contributed by atoms with Gasteiger partial charge in [0.1, 0.15) is 0 Å². The van der Waals surface area contributed by atoms with Gasteiger partial charge in [0.15, 0.2) is 16.6 Å². The second-order valence-electron chi connectivity index (χ2n) is 8.62. The molecule has 190 valence electrons. The molecule has 5 nitrogen and oxygen atoms in total. The first-order chi connectivity index (χ1) is 18.2. The second kappa shape index (κ2) is 13.4. The number of hydrogen-bond donors (Lipinski definition) is 1. The maximum absolute atomic E-state index is 12.5. The van der Waals surface area contributed by atoms with Crippen molar-refractivity contribution in [1.82, 2.24) is 4.98 Å². The fraction of sp³-hybridized carbons (Fsp3) is 0.226. The van der Waals surface area contributed by atoms with Gasteiger partial charge in [0.25, 0.3) is 0 Å². The Morgan fingerprint density at radius 1 is 0.919 bits per heavy atom. The lowest BCUT2D eigenvalue weighted by atomic mass is 10.0. The topological polar surface area (TPSA) is 60.5 Å². The minimum Gasteiger partial charge on any atom is -0.493 e. The van der Waals surface area contributed by atoms with Crippen molar-refractivity contribution in [1.29, 1.82) is 0 Å². The van der Waals surface area contributed by atoms with Crippen LogP contribution in [0.3, 0.4) is 0 Å². The van der Waals surface area contributed by atoms with Crippen molar-refractivity contribution in [3.63, 3.8) is 0 Å². The van der Waals surface area contributed by atoms with Crippen molar-refractivity contribution in [3.05, 3.63) is 89.8 Å². The number of anilines is 1. The van der Waals surface area contributed by atoms with Gasteiger partial charge >= 0.3 is 0 Å². The van der Waals surface area contributed by atoms with Crippen LogP contribution in [0.15, 0.2) is 84.3 Å². The monoisotopic (exact) mass is 512 g/mol. The lowest BCUT2D eigenvalue weighted by molar-refractivity contribution is -0.111. The lowest BCUT2D eigenvalue weighted by Crippen LogP contribution is -2.07. The van der Waals surface area contributed by atoms with Crippen molar-refractivity contribution in [3.8, 4) is 33.9 Å². The number of nitrogens with zero attached hydrogens (tertiary/aromatic N) is 1. The van der Waals surface area contributed by atoms with E-state index in [4.69, 9.17) is 9.47 Å². The summed E-state index contributed by atoms with van der Waals surface area (Å²) in [6.07, 6.45) is 7.85. The maximum Gasteiger partial charge on any atom is 0.250 e. The number of ether oxygens (including phenoxy) is 2. The molecule has 0 saturated carbocycles. The van der Waals surface area contributed by atoms with Crippen molar-refractivity contribution in [2.75, 3.05) is 19.0 Å². The first-order valence-corrected chi connectivity index (χ1v) is 13.5. The van der Waals surface area contributed by atoms with E-state index in [2.05, 4.69) is 53.6 Å². The van der Waals surface area contributed by atoms with Crippen LogP contribution in [-0.2, 0) is 4.79 Å². The van der Waals surface area contributed by atoms with E-state index in [0.29, 0.717) is 23.2 Å². The number of carbonyl (C=O) groups excluding carboxylic acids is 1. The molecule has 0 bridgehead atoms. The summed E-state index contributed by atoms with van der Waals surface area (Å²) in [7, 11) is 1.62. The van der Waals surface area contributed by atoms with E-state index < -0.39 is 0 Å². The molecule has 1 aromatic heterocycles. The zero-order valence-electron chi connectivity index (χ0n) is 21.3. The molecule has 0 radical (unpaired) electrons. The van der Waals surface area contributed by atoms with E-state index in [9.17, 15) is 4.79 Å². The van der Waals surface area contributed by atoms with Gasteiger partial charge in [0, 0.05) is 17.0 Å². The Morgan fingerprint density at radius 3 is 2.43 bits per heavy atom. The molecule has 0 aliphatic heterocycles. The standard InChI is InChI=1S/C31H32N2O3S/c1-3-4-5-9-20-36-28-18-12-23(21-29(28)35-2)13-19-30(34)33-31-32-27(22-37-31)26-16-14-25(15-17-26)24-10-7-6-8-11-24/h6-8,10-19,21-22H,3-5,9,20H2,1-2H3,(H,32,33,34)/b19-13+. The Hall–Kier alpha value is -3.90. The van der Waals surface area contributed by atoms with Crippen LogP contribution in [0.25, 0.3) is 28.5 Å². The molecule has 0 aliphatic carbocycles. The molecule has 0 fully saturated rings. The molecule has 1 amide bonds. The molecule has 0 saturated heterocycles. The lowest BCUT2D eigenvalue weighted by Gasteiger charge is -2.11. The smallest absolute Gasteiger partial charge is 0.250 e. The Bertz CT molecular complexity index is 1310. The molecule has 0 atom stereocenters. The largest absolute Gasteiger partial charge is 0.493 e. The number of carbonyl (C=O) groups is 1. The minimum absolute atomic E-state index is 0.240. The molecular formula is C31H32N2O3S. The van der Waals surface area contributed by atoms with Gasteiger partial charge in [-0.25, -0.2) is 4.98 Å². The number of hydrogen-bond acceptors (Lipinski definition) is 5. The van der Waals surface area contributed by atoms with Crippen LogP contribution in [0.1, 0.15) is 38.2 Å². The summed E-state index contributed by atoms with van der Waals surface area (Å²) in [6, 6.07) is 24.2. The zero-order chi connectivity index (χ0) is 25.9. The summed E-state index contributed by atoms with van der Waals surface area (Å²) >= 11 is 1.40. The SMILES string of the molecule is CCCCCCOc1ccc(/C=C/C(=O)Nc2nc(-c3ccc(-c4ccccc4)cc3)cs2)cc1OC. The summed E-state index contributed by atoms with van der Waals surface area (Å²) in [5.74, 6) is 1.13. The van der Waals surface area contributed by atoms with Crippen molar-refractivity contribution < 1.29 is 14.3 Å². The molecule has 6 heteroatoms. The highest BCUT2D eigenvalue weighted by Crippen LogP contribution is 2.30. The fourth-order valence-corrected chi connectivity index (χ4v) is 4.59. The van der Waals surface area contributed by atoms with Gasteiger partial charge in [-0.05, 0) is 41.3 Å². The highest BCUT2D eigenvalue weighted by Gasteiger charge is 2.08. The molecule has 1 heterocycles. The van der Waals surface area contributed by atoms with Crippen molar-refractivity contribution >= 4 is 28.5 Å². The van der Waals surface area contributed by atoms with Crippen LogP contribution in [0.4, 0.5) is 5.13 Å². The van der Waals surface area contributed by atoms with E-state index in [1.807, 2.05) is 41.8 Å². The molecule has 37 heavy (non-hydrogen) atoms. The van der Waals surface area contributed by atoms with Crippen LogP contribution in [0.2, 0.25) is 0 Å². The average molecular weight is 513 g/mol. The highest BCUT2D eigenvalue weighted by molar-refractivity contribution is 7.14. The highest BCUT2D eigenvalue weighted by atomic mass is 32.1. The number of nitrogens with one attached hydrogen (secondary N) is 1. The van der Waals surface area contributed by atoms with Crippen LogP contribution < -0.4 is 14.8 Å². The molecule has 0 aliphatic rings. The van der Waals surface area contributed by atoms with Gasteiger partial charge in [-0.1, -0.05) is 86.8 Å². The molecule has 0 spiro atoms. The Labute approximate surface area is 222 Å². The van der Waals surface area contributed by atoms with E-state index in [0.717, 1.165) is 35.2 Å². The summed E-state index contributed by atoms with van der Waals surface area (Å²) in [5.41, 5.74) is 5.02. The number of unbranched alkanes of at least 4 members (excludes halogenated alkanes) is 3. The zero-order valence-corrected chi connectivity index (χ0v) is 22.1. The quantitative estimate of drug-likeness (QED) is 0.154. The van der Waals surface area contributed by atoms with E-state index in [-0.39, 0.29) is 5.91 Å². The molecular weight excluding hydrogens is 480 g/mol. The molecule has 1 N–H and O–H groups in total. The van der Waals surface area contributed by atoms with Gasteiger partial charge in [-0.2, -0.15) is 0 Å². The Balaban J connectivity index is 1.33. The molecule has 0 unspecified atom stereocenters. The van der Waals surface area contributed by atoms with Gasteiger partial charge in [-0.3, -0.25) is 10.1 Å². The van der Waals surface area contributed by atoms with Crippen LogP contribution in [-0.4, -0.2) is 24.6 Å².